The fourth-order valence-corrected chi connectivity index (χ4v) is 2.83. The Morgan fingerprint density at radius 1 is 0.793 bits per heavy atom. The second-order valence-electron chi connectivity index (χ2n) is 6.37. The monoisotopic (exact) mass is 389 g/mol. The van der Waals surface area contributed by atoms with Gasteiger partial charge in [-0.3, -0.25) is 9.59 Å². The molecule has 1 heterocycles. The Kier molecular flexibility index (Phi) is 5.29. The van der Waals surface area contributed by atoms with E-state index < -0.39 is 0 Å². The molecule has 1 aliphatic rings. The lowest BCUT2D eigenvalue weighted by atomic mass is 10.2. The summed E-state index contributed by atoms with van der Waals surface area (Å²) in [7, 11) is 0. The highest BCUT2D eigenvalue weighted by Crippen LogP contribution is 2.32. The van der Waals surface area contributed by atoms with Crippen molar-refractivity contribution in [2.24, 2.45) is 0 Å². The quantitative estimate of drug-likeness (QED) is 0.600. The third-order valence-electron chi connectivity index (χ3n) is 4.28. The van der Waals surface area contributed by atoms with Crippen molar-refractivity contribution in [3.05, 3.63) is 78.4 Å². The Morgan fingerprint density at radius 2 is 1.48 bits per heavy atom. The number of rotatable bonds is 6. The number of para-hydroxylation sites is 1. The fourth-order valence-electron chi connectivity index (χ4n) is 2.83. The highest BCUT2D eigenvalue weighted by atomic mass is 16.7. The van der Waals surface area contributed by atoms with E-state index in [2.05, 4.69) is 16.0 Å². The van der Waals surface area contributed by atoms with Crippen LogP contribution < -0.4 is 25.4 Å². The van der Waals surface area contributed by atoms with E-state index in [-0.39, 0.29) is 25.2 Å². The maximum Gasteiger partial charge on any atom is 0.251 e. The van der Waals surface area contributed by atoms with Crippen molar-refractivity contribution in [2.75, 3.05) is 24.0 Å². The number of carbonyl (C=O) groups is 2. The number of nitrogens with one attached hydrogen (secondary N) is 3. The topological polar surface area (TPSA) is 88.7 Å². The van der Waals surface area contributed by atoms with E-state index in [0.717, 1.165) is 11.4 Å². The Hall–Kier alpha value is -4.00. The molecule has 4 rings (SSSR count). The standard InChI is InChI=1S/C22H19N3O4/c26-21(13-23-22(27)15-6-11-19-20(12-15)29-14-28-19)25-18-9-7-17(8-10-18)24-16-4-2-1-3-5-16/h1-12,24H,13-14H2,(H,23,27)(H,25,26). The van der Waals surface area contributed by atoms with E-state index in [9.17, 15) is 9.59 Å². The summed E-state index contributed by atoms with van der Waals surface area (Å²) < 4.78 is 10.5. The fraction of sp³-hybridized carbons (Fsp3) is 0.0909. The molecule has 3 N–H and O–H groups in total. The van der Waals surface area contributed by atoms with Gasteiger partial charge in [0.15, 0.2) is 11.5 Å². The molecule has 0 unspecified atom stereocenters. The summed E-state index contributed by atoms with van der Waals surface area (Å²) in [5, 5.41) is 8.62. The molecule has 0 aromatic heterocycles. The Balaban J connectivity index is 1.27. The van der Waals surface area contributed by atoms with Crippen molar-refractivity contribution in [3.8, 4) is 11.5 Å². The summed E-state index contributed by atoms with van der Waals surface area (Å²) in [6.07, 6.45) is 0. The average Bonchev–Trinajstić information content (AvgIpc) is 3.22. The van der Waals surface area contributed by atoms with Crippen molar-refractivity contribution >= 4 is 28.9 Å². The molecule has 0 spiro atoms. The molecule has 0 aliphatic carbocycles. The van der Waals surface area contributed by atoms with Crippen LogP contribution in [0.1, 0.15) is 10.4 Å². The Bertz CT molecular complexity index is 1020. The minimum atomic E-state index is -0.360. The number of hydrogen-bond donors (Lipinski definition) is 3. The molecule has 7 heteroatoms. The first-order valence-corrected chi connectivity index (χ1v) is 9.07. The van der Waals surface area contributed by atoms with Crippen molar-refractivity contribution in [3.63, 3.8) is 0 Å². The van der Waals surface area contributed by atoms with Gasteiger partial charge in [0.2, 0.25) is 12.7 Å². The minimum absolute atomic E-state index is 0.141. The second kappa shape index (κ2) is 8.35. The lowest BCUT2D eigenvalue weighted by Crippen LogP contribution is -2.32. The van der Waals surface area contributed by atoms with Crippen molar-refractivity contribution < 1.29 is 19.1 Å². The number of benzene rings is 3. The largest absolute Gasteiger partial charge is 0.454 e. The molecule has 0 bridgehead atoms. The van der Waals surface area contributed by atoms with Crippen LogP contribution in [-0.2, 0) is 4.79 Å². The van der Waals surface area contributed by atoms with Crippen molar-refractivity contribution in [1.82, 2.24) is 5.32 Å². The highest BCUT2D eigenvalue weighted by molar-refractivity contribution is 5.99. The summed E-state index contributed by atoms with van der Waals surface area (Å²) >= 11 is 0. The summed E-state index contributed by atoms with van der Waals surface area (Å²) in [6.45, 7) is -0.000236. The summed E-state index contributed by atoms with van der Waals surface area (Å²) in [4.78, 5) is 24.3. The lowest BCUT2D eigenvalue weighted by Gasteiger charge is -2.09. The van der Waals surface area contributed by atoms with Crippen LogP contribution in [-0.4, -0.2) is 25.2 Å². The maximum atomic E-state index is 12.2. The van der Waals surface area contributed by atoms with Gasteiger partial charge < -0.3 is 25.4 Å². The molecule has 1 aliphatic heterocycles. The van der Waals surface area contributed by atoms with Crippen LogP contribution in [0.4, 0.5) is 17.1 Å². The molecule has 0 saturated heterocycles. The predicted octanol–water partition coefficient (Wildman–Crippen LogP) is 3.53. The van der Waals surface area contributed by atoms with Gasteiger partial charge >= 0.3 is 0 Å². The molecule has 0 atom stereocenters. The maximum absolute atomic E-state index is 12.2. The summed E-state index contributed by atoms with van der Waals surface area (Å²) in [5.74, 6) is 0.444. The van der Waals surface area contributed by atoms with Gasteiger partial charge in [-0.2, -0.15) is 0 Å². The van der Waals surface area contributed by atoms with Crippen LogP contribution in [0.25, 0.3) is 0 Å². The minimum Gasteiger partial charge on any atom is -0.454 e. The van der Waals surface area contributed by atoms with E-state index in [1.165, 1.54) is 0 Å². The predicted molar refractivity (Wildman–Crippen MR) is 110 cm³/mol. The molecule has 2 amide bonds. The van der Waals surface area contributed by atoms with Gasteiger partial charge in [0.1, 0.15) is 0 Å². The number of ether oxygens (including phenoxy) is 2. The molecule has 0 saturated carbocycles. The molecular formula is C22H19N3O4. The van der Waals surface area contributed by atoms with E-state index in [1.807, 2.05) is 42.5 Å². The first kappa shape index (κ1) is 18.4. The molecule has 0 fully saturated rings. The lowest BCUT2D eigenvalue weighted by molar-refractivity contribution is -0.115. The highest BCUT2D eigenvalue weighted by Gasteiger charge is 2.16. The number of amides is 2. The summed E-state index contributed by atoms with van der Waals surface area (Å²) in [5.41, 5.74) is 2.94. The Morgan fingerprint density at radius 3 is 2.28 bits per heavy atom. The zero-order valence-electron chi connectivity index (χ0n) is 15.5. The number of hydrogen-bond acceptors (Lipinski definition) is 5. The third kappa shape index (κ3) is 4.65. The molecule has 0 radical (unpaired) electrons. The Labute approximate surface area is 167 Å². The van der Waals surface area contributed by atoms with Crippen LogP contribution in [0.3, 0.4) is 0 Å². The van der Waals surface area contributed by atoms with E-state index >= 15 is 0 Å². The van der Waals surface area contributed by atoms with Gasteiger partial charge in [-0.15, -0.1) is 0 Å². The van der Waals surface area contributed by atoms with E-state index in [4.69, 9.17) is 9.47 Å². The van der Waals surface area contributed by atoms with Gasteiger partial charge in [0.25, 0.3) is 5.91 Å². The van der Waals surface area contributed by atoms with Gasteiger partial charge in [0, 0.05) is 22.6 Å². The molecular weight excluding hydrogens is 370 g/mol. The second-order valence-corrected chi connectivity index (χ2v) is 6.37. The van der Waals surface area contributed by atoms with Crippen LogP contribution >= 0.6 is 0 Å². The van der Waals surface area contributed by atoms with Crippen LogP contribution in [0.15, 0.2) is 72.8 Å². The first-order chi connectivity index (χ1) is 14.2. The number of anilines is 3. The molecule has 29 heavy (non-hydrogen) atoms. The van der Waals surface area contributed by atoms with Crippen molar-refractivity contribution in [1.29, 1.82) is 0 Å². The smallest absolute Gasteiger partial charge is 0.251 e. The molecule has 7 nitrogen and oxygen atoms in total. The molecule has 3 aromatic carbocycles. The van der Waals surface area contributed by atoms with Gasteiger partial charge in [-0.05, 0) is 54.6 Å². The van der Waals surface area contributed by atoms with Crippen molar-refractivity contribution in [2.45, 2.75) is 0 Å². The first-order valence-electron chi connectivity index (χ1n) is 9.07. The van der Waals surface area contributed by atoms with Gasteiger partial charge in [0.05, 0.1) is 6.54 Å². The average molecular weight is 389 g/mol. The van der Waals surface area contributed by atoms with E-state index in [1.54, 1.807) is 30.3 Å². The molecule has 146 valence electrons. The van der Waals surface area contributed by atoms with E-state index in [0.29, 0.717) is 22.7 Å². The SMILES string of the molecule is O=C(CNC(=O)c1ccc2c(c1)OCO2)Nc1ccc(Nc2ccccc2)cc1. The normalized spacial score (nSPS) is 11.6. The number of fused-ring (bicyclic) bond motifs is 1. The third-order valence-corrected chi connectivity index (χ3v) is 4.28. The molecule has 3 aromatic rings. The zero-order chi connectivity index (χ0) is 20.1. The summed E-state index contributed by atoms with van der Waals surface area (Å²) in [6, 6.07) is 22.0. The number of carbonyl (C=O) groups excluding carboxylic acids is 2. The van der Waals surface area contributed by atoms with Gasteiger partial charge in [-0.25, -0.2) is 0 Å². The zero-order valence-corrected chi connectivity index (χ0v) is 15.5. The van der Waals surface area contributed by atoms with Crippen LogP contribution in [0, 0.1) is 0 Å². The van der Waals surface area contributed by atoms with Crippen LogP contribution in [0.2, 0.25) is 0 Å². The van der Waals surface area contributed by atoms with Crippen LogP contribution in [0.5, 0.6) is 11.5 Å². The van der Waals surface area contributed by atoms with Gasteiger partial charge in [-0.1, -0.05) is 18.2 Å².